The zero-order valence-electron chi connectivity index (χ0n) is 12.8. The van der Waals surface area contributed by atoms with Crippen LogP contribution in [-0.2, 0) is 19.3 Å². The molecule has 1 unspecified atom stereocenters. The van der Waals surface area contributed by atoms with E-state index < -0.39 is 0 Å². The molecule has 1 aromatic carbocycles. The van der Waals surface area contributed by atoms with Gasteiger partial charge >= 0.3 is 0 Å². The highest BCUT2D eigenvalue weighted by Crippen LogP contribution is 2.36. The molecule has 0 heterocycles. The summed E-state index contributed by atoms with van der Waals surface area (Å²) >= 11 is 0. The molecule has 1 nitrogen and oxygen atoms in total. The summed E-state index contributed by atoms with van der Waals surface area (Å²) in [5.74, 6) is 0.885. The number of nitrogens with two attached hydrogens (primary N) is 1. The van der Waals surface area contributed by atoms with Crippen LogP contribution in [0.3, 0.4) is 0 Å². The van der Waals surface area contributed by atoms with E-state index in [-0.39, 0.29) is 6.04 Å². The van der Waals surface area contributed by atoms with Gasteiger partial charge in [-0.1, -0.05) is 52.2 Å². The summed E-state index contributed by atoms with van der Waals surface area (Å²) in [6.07, 6.45) is 8.72. The van der Waals surface area contributed by atoms with Crippen molar-refractivity contribution in [2.24, 2.45) is 11.7 Å². The largest absolute Gasteiger partial charge is 0.324 e. The number of aryl methyl sites for hydroxylation is 3. The van der Waals surface area contributed by atoms with Gasteiger partial charge in [-0.15, -0.1) is 0 Å². The first-order chi connectivity index (χ1) is 9.19. The fourth-order valence-corrected chi connectivity index (χ4v) is 3.32. The molecule has 1 heteroatoms. The van der Waals surface area contributed by atoms with Crippen molar-refractivity contribution in [2.45, 2.75) is 71.8 Å². The van der Waals surface area contributed by atoms with Gasteiger partial charge in [-0.3, -0.25) is 0 Å². The molecule has 0 spiro atoms. The van der Waals surface area contributed by atoms with Gasteiger partial charge in [-0.2, -0.15) is 0 Å². The van der Waals surface area contributed by atoms with Crippen LogP contribution in [0.15, 0.2) is 12.1 Å². The van der Waals surface area contributed by atoms with Gasteiger partial charge in [0.25, 0.3) is 0 Å². The second-order valence-electron chi connectivity index (χ2n) is 6.03. The Balaban J connectivity index is 2.29. The molecule has 1 aliphatic carbocycles. The predicted molar refractivity (Wildman–Crippen MR) is 83.5 cm³/mol. The third-order valence-corrected chi connectivity index (χ3v) is 4.76. The summed E-state index contributed by atoms with van der Waals surface area (Å²) < 4.78 is 0. The molecule has 0 radical (unpaired) electrons. The van der Waals surface area contributed by atoms with E-state index in [0.717, 1.165) is 25.2 Å². The van der Waals surface area contributed by atoms with E-state index in [1.807, 2.05) is 0 Å². The van der Waals surface area contributed by atoms with Crippen LogP contribution in [0.1, 0.15) is 74.8 Å². The third-order valence-electron chi connectivity index (χ3n) is 4.76. The SMILES string of the molecule is CCc1cc(CC)c(C(N)CC2CCC2)c(CC)c1. The Morgan fingerprint density at radius 2 is 1.63 bits per heavy atom. The van der Waals surface area contributed by atoms with Crippen molar-refractivity contribution >= 4 is 0 Å². The smallest absolute Gasteiger partial charge is 0.0302 e. The third kappa shape index (κ3) is 3.20. The van der Waals surface area contributed by atoms with Crippen LogP contribution in [0.2, 0.25) is 0 Å². The minimum Gasteiger partial charge on any atom is -0.324 e. The molecule has 1 aliphatic rings. The molecule has 1 saturated carbocycles. The van der Waals surface area contributed by atoms with E-state index in [9.17, 15) is 0 Å². The molecule has 106 valence electrons. The topological polar surface area (TPSA) is 26.0 Å². The Kier molecular flexibility index (Phi) is 5.04. The maximum atomic E-state index is 6.55. The monoisotopic (exact) mass is 259 g/mol. The molecule has 0 aliphatic heterocycles. The molecular weight excluding hydrogens is 230 g/mol. The molecule has 1 aromatic rings. The number of benzene rings is 1. The lowest BCUT2D eigenvalue weighted by molar-refractivity contribution is 0.276. The molecule has 0 amide bonds. The fraction of sp³-hybridized carbons (Fsp3) is 0.667. The maximum absolute atomic E-state index is 6.55. The number of hydrogen-bond donors (Lipinski definition) is 1. The van der Waals surface area contributed by atoms with Gasteiger partial charge in [0.1, 0.15) is 0 Å². The highest BCUT2D eigenvalue weighted by molar-refractivity contribution is 5.41. The van der Waals surface area contributed by atoms with E-state index >= 15 is 0 Å². The second kappa shape index (κ2) is 6.56. The van der Waals surface area contributed by atoms with Crippen LogP contribution in [0.25, 0.3) is 0 Å². The van der Waals surface area contributed by atoms with Gasteiger partial charge < -0.3 is 5.73 Å². The molecule has 19 heavy (non-hydrogen) atoms. The zero-order chi connectivity index (χ0) is 13.8. The summed E-state index contributed by atoms with van der Waals surface area (Å²) in [6.45, 7) is 6.75. The van der Waals surface area contributed by atoms with E-state index in [2.05, 4.69) is 32.9 Å². The van der Waals surface area contributed by atoms with Gasteiger partial charge in [0, 0.05) is 6.04 Å². The van der Waals surface area contributed by atoms with Gasteiger partial charge in [0.2, 0.25) is 0 Å². The van der Waals surface area contributed by atoms with Crippen molar-refractivity contribution in [3.63, 3.8) is 0 Å². The Morgan fingerprint density at radius 3 is 2.00 bits per heavy atom. The van der Waals surface area contributed by atoms with Crippen LogP contribution in [-0.4, -0.2) is 0 Å². The van der Waals surface area contributed by atoms with Crippen LogP contribution in [0.5, 0.6) is 0 Å². The van der Waals surface area contributed by atoms with Gasteiger partial charge in [-0.05, 0) is 53.9 Å². The van der Waals surface area contributed by atoms with Crippen LogP contribution >= 0.6 is 0 Å². The Hall–Kier alpha value is -0.820. The first-order valence-corrected chi connectivity index (χ1v) is 8.09. The van der Waals surface area contributed by atoms with E-state index in [1.165, 1.54) is 47.9 Å². The molecule has 2 N–H and O–H groups in total. The highest BCUT2D eigenvalue weighted by atomic mass is 14.6. The first-order valence-electron chi connectivity index (χ1n) is 8.09. The van der Waals surface area contributed by atoms with Crippen molar-refractivity contribution in [1.82, 2.24) is 0 Å². The second-order valence-corrected chi connectivity index (χ2v) is 6.03. The van der Waals surface area contributed by atoms with Crippen molar-refractivity contribution < 1.29 is 0 Å². The number of hydrogen-bond acceptors (Lipinski definition) is 1. The lowest BCUT2D eigenvalue weighted by Crippen LogP contribution is -2.22. The Labute approximate surface area is 118 Å². The van der Waals surface area contributed by atoms with Crippen LogP contribution in [0.4, 0.5) is 0 Å². The minimum atomic E-state index is 0.251. The molecule has 2 rings (SSSR count). The standard InChI is InChI=1S/C18H29N/c1-4-13-10-15(5-2)18(16(6-3)11-13)17(19)12-14-8-7-9-14/h10-11,14,17H,4-9,12,19H2,1-3H3. The summed E-state index contributed by atoms with van der Waals surface area (Å²) in [4.78, 5) is 0. The lowest BCUT2D eigenvalue weighted by atomic mass is 9.78. The van der Waals surface area contributed by atoms with Crippen LogP contribution < -0.4 is 5.73 Å². The Morgan fingerprint density at radius 1 is 1.05 bits per heavy atom. The molecule has 1 fully saturated rings. The highest BCUT2D eigenvalue weighted by Gasteiger charge is 2.23. The van der Waals surface area contributed by atoms with E-state index in [1.54, 1.807) is 0 Å². The molecule has 0 aromatic heterocycles. The first kappa shape index (κ1) is 14.6. The average Bonchev–Trinajstić information content (AvgIpc) is 2.40. The summed E-state index contributed by atoms with van der Waals surface area (Å²) in [5, 5.41) is 0. The van der Waals surface area contributed by atoms with E-state index in [0.29, 0.717) is 0 Å². The normalized spacial score (nSPS) is 17.3. The summed E-state index contributed by atoms with van der Waals surface area (Å²) in [6, 6.07) is 5.02. The minimum absolute atomic E-state index is 0.251. The van der Waals surface area contributed by atoms with Crippen molar-refractivity contribution in [3.05, 3.63) is 34.4 Å². The molecule has 1 atom stereocenters. The summed E-state index contributed by atoms with van der Waals surface area (Å²) in [5.41, 5.74) is 12.5. The summed E-state index contributed by atoms with van der Waals surface area (Å²) in [7, 11) is 0. The average molecular weight is 259 g/mol. The lowest BCUT2D eigenvalue weighted by Gasteiger charge is -2.30. The van der Waals surface area contributed by atoms with Crippen molar-refractivity contribution in [3.8, 4) is 0 Å². The molecule has 0 bridgehead atoms. The van der Waals surface area contributed by atoms with Gasteiger partial charge in [0.05, 0.1) is 0 Å². The molecular formula is C18H29N. The fourth-order valence-electron chi connectivity index (χ4n) is 3.32. The van der Waals surface area contributed by atoms with Gasteiger partial charge in [-0.25, -0.2) is 0 Å². The molecule has 0 saturated heterocycles. The predicted octanol–water partition coefficient (Wildman–Crippen LogP) is 4.56. The number of rotatable bonds is 6. The Bertz CT molecular complexity index is 393. The van der Waals surface area contributed by atoms with Gasteiger partial charge in [0.15, 0.2) is 0 Å². The quantitative estimate of drug-likeness (QED) is 0.796. The zero-order valence-corrected chi connectivity index (χ0v) is 12.8. The van der Waals surface area contributed by atoms with Crippen molar-refractivity contribution in [1.29, 1.82) is 0 Å². The maximum Gasteiger partial charge on any atom is 0.0302 e. The van der Waals surface area contributed by atoms with Crippen LogP contribution in [0, 0.1) is 5.92 Å². The van der Waals surface area contributed by atoms with E-state index in [4.69, 9.17) is 5.73 Å². The van der Waals surface area contributed by atoms with Crippen molar-refractivity contribution in [2.75, 3.05) is 0 Å².